The summed E-state index contributed by atoms with van der Waals surface area (Å²) in [5, 5.41) is 0. The summed E-state index contributed by atoms with van der Waals surface area (Å²) in [5.41, 5.74) is 2.22. The molecule has 16 heavy (non-hydrogen) atoms. The van der Waals surface area contributed by atoms with Crippen molar-refractivity contribution >= 4 is 0 Å². The number of ether oxygens (including phenoxy) is 1. The van der Waals surface area contributed by atoms with Gasteiger partial charge in [-0.15, -0.1) is 0 Å². The zero-order valence-electron chi connectivity index (χ0n) is 9.56. The molecule has 1 saturated heterocycles. The molecule has 1 heterocycles. The topological polar surface area (TPSA) is 30.5 Å². The van der Waals surface area contributed by atoms with Crippen LogP contribution < -0.4 is 5.48 Å². The van der Waals surface area contributed by atoms with E-state index in [0.717, 1.165) is 6.42 Å². The molecule has 2 unspecified atom stereocenters. The maximum absolute atomic E-state index is 11.8. The largest absolute Gasteiger partial charge is 0.413 e. The van der Waals surface area contributed by atoms with E-state index in [-0.39, 0.29) is 11.6 Å². The molecule has 0 radical (unpaired) electrons. The summed E-state index contributed by atoms with van der Waals surface area (Å²) in [5.74, 6) is 0. The fourth-order valence-electron chi connectivity index (χ4n) is 1.72. The van der Waals surface area contributed by atoms with Gasteiger partial charge in [0.25, 0.3) is 0 Å². The van der Waals surface area contributed by atoms with Crippen molar-refractivity contribution in [1.82, 2.24) is 5.48 Å². The van der Waals surface area contributed by atoms with Crippen molar-refractivity contribution in [2.45, 2.75) is 50.9 Å². The van der Waals surface area contributed by atoms with Crippen molar-refractivity contribution in [3.8, 4) is 0 Å². The molecule has 0 amide bonds. The van der Waals surface area contributed by atoms with Gasteiger partial charge in [-0.3, -0.25) is 4.84 Å². The molecule has 1 N–H and O–H groups in total. The van der Waals surface area contributed by atoms with Crippen molar-refractivity contribution < 1.29 is 22.7 Å². The van der Waals surface area contributed by atoms with Crippen molar-refractivity contribution in [3.05, 3.63) is 0 Å². The van der Waals surface area contributed by atoms with Gasteiger partial charge in [-0.1, -0.05) is 6.92 Å². The van der Waals surface area contributed by atoms with Gasteiger partial charge >= 0.3 is 6.18 Å². The third-order valence-electron chi connectivity index (χ3n) is 2.83. The predicted octanol–water partition coefficient (Wildman–Crippen LogP) is 2.42. The second-order valence-corrected chi connectivity index (χ2v) is 4.36. The van der Waals surface area contributed by atoms with Crippen LogP contribution in [0.15, 0.2) is 0 Å². The Kier molecular flexibility index (Phi) is 4.58. The molecule has 0 aromatic rings. The highest BCUT2D eigenvalue weighted by molar-refractivity contribution is 4.84. The molecule has 0 aliphatic carbocycles. The Morgan fingerprint density at radius 2 is 2.19 bits per heavy atom. The summed E-state index contributed by atoms with van der Waals surface area (Å²) in [4.78, 5) is 4.44. The summed E-state index contributed by atoms with van der Waals surface area (Å²) >= 11 is 0. The lowest BCUT2D eigenvalue weighted by atomic mass is 9.90. The first-order chi connectivity index (χ1) is 7.35. The number of rotatable bonds is 4. The van der Waals surface area contributed by atoms with Gasteiger partial charge in [0, 0.05) is 12.6 Å². The quantitative estimate of drug-likeness (QED) is 0.767. The zero-order valence-corrected chi connectivity index (χ0v) is 9.56. The minimum atomic E-state index is -4.29. The molecule has 96 valence electrons. The molecule has 1 fully saturated rings. The Morgan fingerprint density at radius 3 is 2.75 bits per heavy atom. The van der Waals surface area contributed by atoms with Gasteiger partial charge in [-0.25, -0.2) is 0 Å². The van der Waals surface area contributed by atoms with Crippen LogP contribution in [0.4, 0.5) is 13.2 Å². The maximum atomic E-state index is 11.8. The third-order valence-corrected chi connectivity index (χ3v) is 2.83. The van der Waals surface area contributed by atoms with E-state index in [0.29, 0.717) is 19.4 Å². The first-order valence-corrected chi connectivity index (χ1v) is 5.43. The Bertz CT molecular complexity index is 223. The van der Waals surface area contributed by atoms with Gasteiger partial charge in [0.15, 0.2) is 6.61 Å². The van der Waals surface area contributed by atoms with Crippen LogP contribution >= 0.6 is 0 Å². The molecule has 0 aromatic heterocycles. The molecule has 1 aliphatic heterocycles. The summed E-state index contributed by atoms with van der Waals surface area (Å²) in [6.45, 7) is 3.26. The number of hydroxylamine groups is 1. The lowest BCUT2D eigenvalue weighted by molar-refractivity contribution is -0.198. The van der Waals surface area contributed by atoms with Crippen molar-refractivity contribution in [1.29, 1.82) is 0 Å². The van der Waals surface area contributed by atoms with E-state index < -0.39 is 12.8 Å². The van der Waals surface area contributed by atoms with Crippen LogP contribution in [0, 0.1) is 0 Å². The Balaban J connectivity index is 2.27. The number of alkyl halides is 3. The molecule has 6 heteroatoms. The zero-order chi connectivity index (χ0) is 12.2. The SMILES string of the molecule is CCC1(C)CC(NOCC(F)(F)F)CCO1. The van der Waals surface area contributed by atoms with Crippen LogP contribution in [0.3, 0.4) is 0 Å². The summed E-state index contributed by atoms with van der Waals surface area (Å²) in [7, 11) is 0. The molecule has 2 atom stereocenters. The lowest BCUT2D eigenvalue weighted by Crippen LogP contribution is -2.45. The molecule has 0 saturated carbocycles. The second-order valence-electron chi connectivity index (χ2n) is 4.36. The van der Waals surface area contributed by atoms with Crippen LogP contribution in [0.2, 0.25) is 0 Å². The third kappa shape index (κ3) is 4.67. The fraction of sp³-hybridized carbons (Fsp3) is 1.00. The second kappa shape index (κ2) is 5.33. The normalized spacial score (nSPS) is 31.7. The van der Waals surface area contributed by atoms with Gasteiger partial charge in [0.2, 0.25) is 0 Å². The van der Waals surface area contributed by atoms with Crippen molar-refractivity contribution in [2.75, 3.05) is 13.2 Å². The smallest absolute Gasteiger partial charge is 0.375 e. The van der Waals surface area contributed by atoms with Crippen LogP contribution in [0.5, 0.6) is 0 Å². The molecule has 1 rings (SSSR count). The van der Waals surface area contributed by atoms with Gasteiger partial charge in [-0.05, 0) is 26.2 Å². The Labute approximate surface area is 93.2 Å². The van der Waals surface area contributed by atoms with E-state index in [1.807, 2.05) is 13.8 Å². The average molecular weight is 241 g/mol. The maximum Gasteiger partial charge on any atom is 0.413 e. The van der Waals surface area contributed by atoms with Gasteiger partial charge < -0.3 is 4.74 Å². The first-order valence-electron chi connectivity index (χ1n) is 5.43. The Morgan fingerprint density at radius 1 is 1.50 bits per heavy atom. The Hall–Kier alpha value is -0.330. The van der Waals surface area contributed by atoms with E-state index in [1.54, 1.807) is 0 Å². The monoisotopic (exact) mass is 241 g/mol. The number of hydrogen-bond acceptors (Lipinski definition) is 3. The number of halogens is 3. The molecule has 0 spiro atoms. The number of hydrogen-bond donors (Lipinski definition) is 1. The van der Waals surface area contributed by atoms with E-state index in [4.69, 9.17) is 4.74 Å². The molecule has 1 aliphatic rings. The molecular weight excluding hydrogens is 223 g/mol. The minimum Gasteiger partial charge on any atom is -0.375 e. The highest BCUT2D eigenvalue weighted by atomic mass is 19.4. The van der Waals surface area contributed by atoms with Gasteiger partial charge in [-0.2, -0.15) is 18.7 Å². The van der Waals surface area contributed by atoms with Crippen LogP contribution in [0.25, 0.3) is 0 Å². The predicted molar refractivity (Wildman–Crippen MR) is 52.8 cm³/mol. The van der Waals surface area contributed by atoms with Crippen molar-refractivity contribution in [3.63, 3.8) is 0 Å². The minimum absolute atomic E-state index is 0.0685. The van der Waals surface area contributed by atoms with E-state index >= 15 is 0 Å². The van der Waals surface area contributed by atoms with E-state index in [2.05, 4.69) is 10.3 Å². The summed E-state index contributed by atoms with van der Waals surface area (Å²) < 4.78 is 41.1. The standard InChI is InChI=1S/C10H18F3NO2/c1-3-9(2)6-8(4-5-15-9)14-16-7-10(11,12)13/h8,14H,3-7H2,1-2H3. The lowest BCUT2D eigenvalue weighted by Gasteiger charge is -2.37. The van der Waals surface area contributed by atoms with Gasteiger partial charge in [0.05, 0.1) is 5.60 Å². The fourth-order valence-corrected chi connectivity index (χ4v) is 1.72. The highest BCUT2D eigenvalue weighted by Gasteiger charge is 2.33. The summed E-state index contributed by atoms with van der Waals surface area (Å²) in [6.07, 6.45) is -2.11. The van der Waals surface area contributed by atoms with Crippen LogP contribution in [-0.4, -0.2) is 31.0 Å². The van der Waals surface area contributed by atoms with Crippen molar-refractivity contribution in [2.24, 2.45) is 0 Å². The van der Waals surface area contributed by atoms with Crippen LogP contribution in [0.1, 0.15) is 33.1 Å². The average Bonchev–Trinajstić information content (AvgIpc) is 2.16. The molecular formula is C10H18F3NO2. The van der Waals surface area contributed by atoms with E-state index in [9.17, 15) is 13.2 Å². The highest BCUT2D eigenvalue weighted by Crippen LogP contribution is 2.27. The molecule has 0 aromatic carbocycles. The van der Waals surface area contributed by atoms with E-state index in [1.165, 1.54) is 0 Å². The summed E-state index contributed by atoms with van der Waals surface area (Å²) in [6, 6.07) is -0.0685. The molecule has 0 bridgehead atoms. The van der Waals surface area contributed by atoms with Gasteiger partial charge in [0.1, 0.15) is 0 Å². The molecule has 3 nitrogen and oxygen atoms in total. The van der Waals surface area contributed by atoms with Crippen LogP contribution in [-0.2, 0) is 9.57 Å². The first kappa shape index (κ1) is 13.7. The number of nitrogens with one attached hydrogen (secondary N) is 1.